The molecule has 1 aliphatic heterocycles. The number of likely N-dealkylation sites (N-methyl/N-ethyl adjacent to an activating group) is 1. The van der Waals surface area contributed by atoms with Gasteiger partial charge in [0.05, 0.1) is 11.4 Å². The van der Waals surface area contributed by atoms with Crippen LogP contribution >= 0.6 is 0 Å². The summed E-state index contributed by atoms with van der Waals surface area (Å²) in [6.07, 6.45) is 0. The van der Waals surface area contributed by atoms with Crippen molar-refractivity contribution in [1.82, 2.24) is 0 Å². The second kappa shape index (κ2) is 3.81. The van der Waals surface area contributed by atoms with Crippen molar-refractivity contribution in [1.29, 1.82) is 0 Å². The highest BCUT2D eigenvalue weighted by molar-refractivity contribution is 5.98. The summed E-state index contributed by atoms with van der Waals surface area (Å²) in [5, 5.41) is 0. The smallest absolute Gasteiger partial charge is 0.195 e. The molecule has 0 aliphatic carbocycles. The number of para-hydroxylation sites is 2. The Bertz CT molecular complexity index is 386. The van der Waals surface area contributed by atoms with E-state index in [0.29, 0.717) is 5.96 Å². The van der Waals surface area contributed by atoms with Crippen LogP contribution in [0.4, 0.5) is 11.4 Å². The molecule has 2 rings (SSSR count). The number of nitrogens with zero attached hydrogens (tertiary/aromatic N) is 3. The highest BCUT2D eigenvalue weighted by atomic mass is 15.3. The van der Waals surface area contributed by atoms with Gasteiger partial charge in [-0.15, -0.1) is 0 Å². The van der Waals surface area contributed by atoms with Crippen molar-refractivity contribution in [3.8, 4) is 0 Å². The zero-order valence-corrected chi connectivity index (χ0v) is 9.14. The van der Waals surface area contributed by atoms with Gasteiger partial charge in [-0.2, -0.15) is 0 Å². The van der Waals surface area contributed by atoms with Crippen molar-refractivity contribution in [2.24, 2.45) is 10.7 Å². The first kappa shape index (κ1) is 9.83. The van der Waals surface area contributed by atoms with E-state index in [1.165, 1.54) is 5.69 Å². The van der Waals surface area contributed by atoms with E-state index in [9.17, 15) is 0 Å². The van der Waals surface area contributed by atoms with Crippen LogP contribution in [0.1, 0.15) is 0 Å². The first-order valence-corrected chi connectivity index (χ1v) is 5.04. The van der Waals surface area contributed by atoms with Crippen LogP contribution in [-0.2, 0) is 0 Å². The molecule has 1 aromatic rings. The molecule has 4 heteroatoms. The predicted molar refractivity (Wildman–Crippen MR) is 64.6 cm³/mol. The van der Waals surface area contributed by atoms with Gasteiger partial charge >= 0.3 is 0 Å². The zero-order chi connectivity index (χ0) is 10.8. The molecular weight excluding hydrogens is 188 g/mol. The van der Waals surface area contributed by atoms with Gasteiger partial charge in [0.25, 0.3) is 0 Å². The highest BCUT2D eigenvalue weighted by Gasteiger charge is 2.21. The van der Waals surface area contributed by atoms with Gasteiger partial charge in [0.1, 0.15) is 0 Å². The van der Waals surface area contributed by atoms with Crippen LogP contribution in [0.25, 0.3) is 0 Å². The number of fused-ring (bicyclic) bond motifs is 1. The minimum absolute atomic E-state index is 0.579. The van der Waals surface area contributed by atoms with Crippen LogP contribution in [0.2, 0.25) is 0 Å². The summed E-state index contributed by atoms with van der Waals surface area (Å²) >= 11 is 0. The lowest BCUT2D eigenvalue weighted by molar-refractivity contribution is 0.830. The molecule has 1 aromatic carbocycles. The second-order valence-electron chi connectivity index (χ2n) is 3.64. The van der Waals surface area contributed by atoms with Crippen molar-refractivity contribution in [3.63, 3.8) is 0 Å². The molecule has 0 radical (unpaired) electrons. The Morgan fingerprint density at radius 1 is 1.27 bits per heavy atom. The molecule has 0 amide bonds. The van der Waals surface area contributed by atoms with Crippen LogP contribution in [-0.4, -0.2) is 33.1 Å². The molecular formula is C11H16N4. The van der Waals surface area contributed by atoms with E-state index in [1.807, 2.05) is 12.1 Å². The Kier molecular flexibility index (Phi) is 2.49. The SMILES string of the molecule is CN=C(N)N1CCN(C)c2ccccc21. The first-order chi connectivity index (χ1) is 7.24. The zero-order valence-electron chi connectivity index (χ0n) is 9.14. The fraction of sp³-hybridized carbons (Fsp3) is 0.364. The third kappa shape index (κ3) is 1.63. The average Bonchev–Trinajstić information content (AvgIpc) is 2.29. The Balaban J connectivity index is 2.45. The lowest BCUT2D eigenvalue weighted by Gasteiger charge is -2.36. The quantitative estimate of drug-likeness (QED) is 0.504. The number of hydrogen-bond donors (Lipinski definition) is 1. The normalized spacial score (nSPS) is 16.5. The molecule has 0 aromatic heterocycles. The fourth-order valence-electron chi connectivity index (χ4n) is 1.86. The lowest BCUT2D eigenvalue weighted by atomic mass is 10.2. The van der Waals surface area contributed by atoms with Crippen LogP contribution in [0, 0.1) is 0 Å². The summed E-state index contributed by atoms with van der Waals surface area (Å²) in [6, 6.07) is 8.24. The lowest BCUT2D eigenvalue weighted by Crippen LogP contribution is -2.46. The number of nitrogens with two attached hydrogens (primary N) is 1. The van der Waals surface area contributed by atoms with Gasteiger partial charge in [-0.1, -0.05) is 12.1 Å². The van der Waals surface area contributed by atoms with Crippen molar-refractivity contribution >= 4 is 17.3 Å². The Hall–Kier alpha value is -1.71. The minimum Gasteiger partial charge on any atom is -0.371 e. The largest absolute Gasteiger partial charge is 0.371 e. The maximum atomic E-state index is 5.87. The summed E-state index contributed by atoms with van der Waals surface area (Å²) in [7, 11) is 3.81. The predicted octanol–water partition coefficient (Wildman–Crippen LogP) is 0.887. The van der Waals surface area contributed by atoms with Gasteiger partial charge in [-0.25, -0.2) is 0 Å². The van der Waals surface area contributed by atoms with E-state index >= 15 is 0 Å². The molecule has 0 saturated heterocycles. The summed E-state index contributed by atoms with van der Waals surface area (Å²) in [5.74, 6) is 0.579. The van der Waals surface area contributed by atoms with E-state index in [1.54, 1.807) is 7.05 Å². The number of benzene rings is 1. The standard InChI is InChI=1S/C11H16N4/c1-13-11(12)15-8-7-14(2)9-5-3-4-6-10(9)15/h3-6H,7-8H2,1-2H3,(H2,12,13). The van der Waals surface area contributed by atoms with Gasteiger partial charge in [-0.3, -0.25) is 4.99 Å². The molecule has 2 N–H and O–H groups in total. The minimum atomic E-state index is 0.579. The maximum Gasteiger partial charge on any atom is 0.195 e. The van der Waals surface area contributed by atoms with E-state index in [2.05, 4.69) is 34.0 Å². The molecule has 0 bridgehead atoms. The third-order valence-corrected chi connectivity index (χ3v) is 2.75. The van der Waals surface area contributed by atoms with Gasteiger partial charge < -0.3 is 15.5 Å². The van der Waals surface area contributed by atoms with E-state index < -0.39 is 0 Å². The molecule has 0 saturated carbocycles. The summed E-state index contributed by atoms with van der Waals surface area (Å²) in [4.78, 5) is 8.32. The van der Waals surface area contributed by atoms with Crippen LogP contribution in [0.3, 0.4) is 0 Å². The summed E-state index contributed by atoms with van der Waals surface area (Å²) in [6.45, 7) is 1.85. The van der Waals surface area contributed by atoms with E-state index in [0.717, 1.165) is 18.8 Å². The topological polar surface area (TPSA) is 44.9 Å². The van der Waals surface area contributed by atoms with Gasteiger partial charge in [0.15, 0.2) is 5.96 Å². The van der Waals surface area contributed by atoms with Gasteiger partial charge in [0, 0.05) is 27.2 Å². The van der Waals surface area contributed by atoms with Crippen molar-refractivity contribution < 1.29 is 0 Å². The van der Waals surface area contributed by atoms with Crippen LogP contribution < -0.4 is 15.5 Å². The number of hydrogen-bond acceptors (Lipinski definition) is 2. The van der Waals surface area contributed by atoms with Crippen molar-refractivity contribution in [2.45, 2.75) is 0 Å². The monoisotopic (exact) mass is 204 g/mol. The molecule has 1 aliphatic rings. The number of rotatable bonds is 0. The third-order valence-electron chi connectivity index (χ3n) is 2.75. The Morgan fingerprint density at radius 2 is 1.93 bits per heavy atom. The molecule has 0 spiro atoms. The van der Waals surface area contributed by atoms with Crippen LogP contribution in [0.15, 0.2) is 29.3 Å². The molecule has 0 unspecified atom stereocenters. The van der Waals surface area contributed by atoms with Gasteiger partial charge in [-0.05, 0) is 12.1 Å². The molecule has 0 fully saturated rings. The molecule has 15 heavy (non-hydrogen) atoms. The maximum absolute atomic E-state index is 5.87. The first-order valence-electron chi connectivity index (χ1n) is 5.04. The molecule has 80 valence electrons. The second-order valence-corrected chi connectivity index (χ2v) is 3.64. The van der Waals surface area contributed by atoms with E-state index in [4.69, 9.17) is 5.73 Å². The van der Waals surface area contributed by atoms with E-state index in [-0.39, 0.29) is 0 Å². The molecule has 1 heterocycles. The summed E-state index contributed by atoms with van der Waals surface area (Å²) < 4.78 is 0. The number of anilines is 2. The fourth-order valence-corrected chi connectivity index (χ4v) is 1.86. The Labute approximate surface area is 90.0 Å². The molecule has 4 nitrogen and oxygen atoms in total. The van der Waals surface area contributed by atoms with Crippen molar-refractivity contribution in [2.75, 3.05) is 37.0 Å². The van der Waals surface area contributed by atoms with Crippen molar-refractivity contribution in [3.05, 3.63) is 24.3 Å². The number of guanidine groups is 1. The average molecular weight is 204 g/mol. The Morgan fingerprint density at radius 3 is 2.60 bits per heavy atom. The highest BCUT2D eigenvalue weighted by Crippen LogP contribution is 2.31. The molecule has 0 atom stereocenters. The number of aliphatic imine (C=N–C) groups is 1. The summed E-state index contributed by atoms with van der Waals surface area (Å²) in [5.41, 5.74) is 8.20. The van der Waals surface area contributed by atoms with Crippen LogP contribution in [0.5, 0.6) is 0 Å². The van der Waals surface area contributed by atoms with Gasteiger partial charge in [0.2, 0.25) is 0 Å².